The van der Waals surface area contributed by atoms with E-state index in [-0.39, 0.29) is 0 Å². The summed E-state index contributed by atoms with van der Waals surface area (Å²) in [6.45, 7) is 5.67. The van der Waals surface area contributed by atoms with E-state index in [4.69, 9.17) is 11.5 Å². The highest BCUT2D eigenvalue weighted by Gasteiger charge is 1.91. The minimum Gasteiger partial charge on any atom is -0.450 e. The van der Waals surface area contributed by atoms with Gasteiger partial charge in [0.15, 0.2) is 0 Å². The van der Waals surface area contributed by atoms with Crippen molar-refractivity contribution >= 4 is 6.09 Å². The number of ether oxygens (including phenoxy) is 1. The van der Waals surface area contributed by atoms with Gasteiger partial charge in [0.1, 0.15) is 0 Å². The summed E-state index contributed by atoms with van der Waals surface area (Å²) in [5, 5.41) is 0. The molecule has 0 rings (SSSR count). The Morgan fingerprint density at radius 2 is 1.47 bits per heavy atom. The molecular weight excluding hydrogens is 216 g/mol. The molecule has 0 saturated heterocycles. The molecule has 0 radical (unpaired) electrons. The molecule has 0 aliphatic carbocycles. The van der Waals surface area contributed by atoms with Gasteiger partial charge in [0.2, 0.25) is 0 Å². The van der Waals surface area contributed by atoms with Crippen LogP contribution in [0.25, 0.3) is 0 Å². The van der Waals surface area contributed by atoms with Gasteiger partial charge in [0.05, 0.1) is 6.61 Å². The van der Waals surface area contributed by atoms with Gasteiger partial charge in [-0.15, -0.1) is 0 Å². The van der Waals surface area contributed by atoms with Gasteiger partial charge in [0.25, 0.3) is 0 Å². The summed E-state index contributed by atoms with van der Waals surface area (Å²) in [4.78, 5) is 10.0. The minimum absolute atomic E-state index is 0.468. The average Bonchev–Trinajstić information content (AvgIpc) is 2.30. The lowest BCUT2D eigenvalue weighted by atomic mass is 10.2. The largest absolute Gasteiger partial charge is 0.450 e. The maximum atomic E-state index is 10.0. The lowest BCUT2D eigenvalue weighted by Crippen LogP contribution is -2.13. The van der Waals surface area contributed by atoms with Crippen LogP contribution in [0.5, 0.6) is 0 Å². The van der Waals surface area contributed by atoms with Crippen molar-refractivity contribution < 1.29 is 9.53 Å². The quantitative estimate of drug-likeness (QED) is 0.613. The summed E-state index contributed by atoms with van der Waals surface area (Å²) in [7, 11) is 0. The van der Waals surface area contributed by atoms with Gasteiger partial charge < -0.3 is 16.2 Å². The van der Waals surface area contributed by atoms with Gasteiger partial charge in [-0.05, 0) is 19.4 Å². The van der Waals surface area contributed by atoms with E-state index in [0.717, 1.165) is 19.4 Å². The van der Waals surface area contributed by atoms with Gasteiger partial charge in [-0.2, -0.15) is 0 Å². The summed E-state index contributed by atoms with van der Waals surface area (Å²) >= 11 is 0. The van der Waals surface area contributed by atoms with Crippen LogP contribution in [0, 0.1) is 0 Å². The second kappa shape index (κ2) is 17.6. The smallest absolute Gasteiger partial charge is 0.404 e. The fraction of sp³-hybridized carbons (Fsp3) is 0.923. The van der Waals surface area contributed by atoms with Crippen LogP contribution in [0.15, 0.2) is 0 Å². The monoisotopic (exact) mass is 246 g/mol. The van der Waals surface area contributed by atoms with Crippen molar-refractivity contribution in [1.29, 1.82) is 0 Å². The first-order chi connectivity index (χ1) is 8.18. The van der Waals surface area contributed by atoms with Crippen molar-refractivity contribution in [1.82, 2.24) is 0 Å². The molecule has 0 saturated carbocycles. The second-order valence-corrected chi connectivity index (χ2v) is 4.08. The number of carbonyl (C=O) groups is 1. The van der Waals surface area contributed by atoms with Gasteiger partial charge >= 0.3 is 6.09 Å². The molecule has 1 amide bonds. The molecule has 0 spiro atoms. The normalized spacial score (nSPS) is 9.35. The van der Waals surface area contributed by atoms with Crippen LogP contribution in [-0.2, 0) is 4.74 Å². The van der Waals surface area contributed by atoms with Crippen LogP contribution >= 0.6 is 0 Å². The zero-order chi connectivity index (χ0) is 13.4. The number of rotatable bonds is 9. The van der Waals surface area contributed by atoms with Gasteiger partial charge in [-0.3, -0.25) is 0 Å². The van der Waals surface area contributed by atoms with Crippen LogP contribution in [0.3, 0.4) is 0 Å². The standard InChI is InChI=1S/C7H15NO2.C6H15N/c1-2-3-4-5-6-10-7(8)9;1-2-3-4-5-6-7/h2-6H2,1H3,(H2,8,9);2-7H2,1H3. The zero-order valence-corrected chi connectivity index (χ0v) is 11.5. The predicted molar refractivity (Wildman–Crippen MR) is 72.9 cm³/mol. The van der Waals surface area contributed by atoms with Crippen molar-refractivity contribution in [2.45, 2.75) is 65.2 Å². The van der Waals surface area contributed by atoms with Gasteiger partial charge in [-0.1, -0.05) is 52.4 Å². The topological polar surface area (TPSA) is 78.3 Å². The number of carbonyl (C=O) groups excluding carboxylic acids is 1. The molecule has 4 nitrogen and oxygen atoms in total. The SMILES string of the molecule is CCCCCCN.CCCCCCOC(N)=O. The Balaban J connectivity index is 0. The molecule has 4 heteroatoms. The van der Waals surface area contributed by atoms with Gasteiger partial charge in [0, 0.05) is 0 Å². The fourth-order valence-electron chi connectivity index (χ4n) is 1.27. The van der Waals surface area contributed by atoms with E-state index in [1.54, 1.807) is 0 Å². The average molecular weight is 246 g/mol. The Morgan fingerprint density at radius 1 is 0.941 bits per heavy atom. The number of nitrogens with two attached hydrogens (primary N) is 2. The molecule has 0 heterocycles. The summed E-state index contributed by atoms with van der Waals surface area (Å²) in [6, 6.07) is 0. The minimum atomic E-state index is -0.670. The molecule has 104 valence electrons. The maximum Gasteiger partial charge on any atom is 0.404 e. The van der Waals surface area contributed by atoms with Crippen molar-refractivity contribution in [3.63, 3.8) is 0 Å². The van der Waals surface area contributed by atoms with E-state index >= 15 is 0 Å². The van der Waals surface area contributed by atoms with Crippen LogP contribution in [0.1, 0.15) is 65.2 Å². The molecule has 0 unspecified atom stereocenters. The molecule has 17 heavy (non-hydrogen) atoms. The molecular formula is C13H30N2O2. The summed E-state index contributed by atoms with van der Waals surface area (Å²) in [5.41, 5.74) is 10.0. The van der Waals surface area contributed by atoms with E-state index in [1.165, 1.54) is 38.5 Å². The molecule has 0 aromatic carbocycles. The lowest BCUT2D eigenvalue weighted by molar-refractivity contribution is 0.154. The third kappa shape index (κ3) is 25.5. The van der Waals surface area contributed by atoms with Crippen LogP contribution < -0.4 is 11.5 Å². The summed E-state index contributed by atoms with van der Waals surface area (Å²) in [5.74, 6) is 0. The third-order valence-corrected chi connectivity index (χ3v) is 2.30. The Kier molecular flexibility index (Phi) is 19.3. The number of hydrogen-bond acceptors (Lipinski definition) is 3. The Morgan fingerprint density at radius 3 is 1.88 bits per heavy atom. The molecule has 0 aromatic rings. The number of amides is 1. The van der Waals surface area contributed by atoms with Crippen molar-refractivity contribution in [2.75, 3.05) is 13.2 Å². The number of primary amides is 1. The molecule has 0 fully saturated rings. The first-order valence-electron chi connectivity index (χ1n) is 6.81. The number of hydrogen-bond donors (Lipinski definition) is 2. The zero-order valence-electron chi connectivity index (χ0n) is 11.5. The summed E-state index contributed by atoms with van der Waals surface area (Å²) < 4.78 is 4.53. The second-order valence-electron chi connectivity index (χ2n) is 4.08. The van der Waals surface area contributed by atoms with E-state index in [0.29, 0.717) is 6.61 Å². The molecule has 0 aromatic heterocycles. The Labute approximate surface area is 106 Å². The Bertz CT molecular complexity index is 148. The highest BCUT2D eigenvalue weighted by atomic mass is 16.5. The van der Waals surface area contributed by atoms with E-state index in [2.05, 4.69) is 18.6 Å². The third-order valence-electron chi connectivity index (χ3n) is 2.30. The molecule has 0 aliphatic heterocycles. The first kappa shape index (κ1) is 18.6. The highest BCUT2D eigenvalue weighted by Crippen LogP contribution is 1.98. The number of unbranched alkanes of at least 4 members (excludes halogenated alkanes) is 6. The van der Waals surface area contributed by atoms with Crippen molar-refractivity contribution in [3.05, 3.63) is 0 Å². The fourth-order valence-corrected chi connectivity index (χ4v) is 1.27. The van der Waals surface area contributed by atoms with Crippen LogP contribution in [-0.4, -0.2) is 19.2 Å². The van der Waals surface area contributed by atoms with E-state index < -0.39 is 6.09 Å². The van der Waals surface area contributed by atoms with Crippen LogP contribution in [0.4, 0.5) is 4.79 Å². The lowest BCUT2D eigenvalue weighted by Gasteiger charge is -1.99. The molecule has 0 aliphatic rings. The summed E-state index contributed by atoms with van der Waals surface area (Å²) in [6.07, 6.45) is 8.92. The predicted octanol–water partition coefficient (Wildman–Crippen LogP) is 3.19. The molecule has 0 atom stereocenters. The van der Waals surface area contributed by atoms with Gasteiger partial charge in [-0.25, -0.2) is 4.79 Å². The van der Waals surface area contributed by atoms with Crippen molar-refractivity contribution in [3.8, 4) is 0 Å². The first-order valence-corrected chi connectivity index (χ1v) is 6.81. The van der Waals surface area contributed by atoms with Crippen LogP contribution in [0.2, 0.25) is 0 Å². The maximum absolute atomic E-state index is 10.0. The van der Waals surface area contributed by atoms with E-state index in [1.807, 2.05) is 0 Å². The molecule has 4 N–H and O–H groups in total. The highest BCUT2D eigenvalue weighted by molar-refractivity contribution is 5.64. The Hall–Kier alpha value is -0.770. The van der Waals surface area contributed by atoms with Crippen molar-refractivity contribution in [2.24, 2.45) is 11.5 Å². The molecule has 0 bridgehead atoms. The van der Waals surface area contributed by atoms with E-state index in [9.17, 15) is 4.79 Å².